The predicted octanol–water partition coefficient (Wildman–Crippen LogP) is 1.40. The Kier molecular flexibility index (Phi) is 35.0. The lowest BCUT2D eigenvalue weighted by Gasteiger charge is -2.32. The van der Waals surface area contributed by atoms with Crippen LogP contribution in [0, 0.1) is 64.7 Å². The third-order valence-electron chi connectivity index (χ3n) is 22.9. The molecule has 8 aliphatic rings. The number of ether oxygens (including phenoxy) is 12. The third kappa shape index (κ3) is 23.6. The number of amides is 2. The van der Waals surface area contributed by atoms with E-state index in [1.807, 2.05) is 67.2 Å². The second-order valence-corrected chi connectivity index (χ2v) is 36.0. The normalized spacial score (nSPS) is 32.0. The monoisotopic (exact) mass is 1930 g/mol. The number of ketones is 1. The molecule has 137 heavy (non-hydrogen) atoms. The second-order valence-electron chi connectivity index (χ2n) is 36.0. The van der Waals surface area contributed by atoms with Crippen LogP contribution >= 0.6 is 0 Å². The van der Waals surface area contributed by atoms with Crippen molar-refractivity contribution in [2.75, 3.05) is 39.6 Å². The number of aliphatic hydroxyl groups is 10. The minimum atomic E-state index is -2.54. The Balaban J connectivity index is 0.000000170. The standard InChI is InChI=1S/C16H20N4O5.2C15H19FN2O4.C15H22N4O5.C15H21N3O5.C14H22N2O5/c1-5-16(23)12(21)10(6-24-8(2)3)25-15(16)20-7-17-11-13(20)18-9(4)19-14(11)22;2*1-5-15(16)12(19)11(8-21-9(2)3)22-13(15)18-7-6-10(4)17-14(18)20;1-7(2)23-5-9-11(20)15(4,22)14(24-9)19-6-16-10-12(19)17-8(3)18-13(10)21;1-8(2)22-6-10-12(20)15(3,21)14(23-10)18-7-17-11-9(19)4-5-16-13(11)18;1-8(2)20-7-10-11(17)14(4,19)12(21-10)16-6-5-9(3)15-13(16)18/h1,7-8,10,12,15,21,23H,6H2,2-4H3,(H,18,19,22);1,6-7,9,11-13,19H,8H2,2-4H3;1,6-7,9,11-13,19H,4,8H2,2-3H3,(H,17,20);6-7,9,11,14,20,22H,5H2,1-4H3,(H,17,18,21);5,7-8,10,12,14,20-21H,4,6H2,1-3H3;5-6,8,10-12,17,19H,7H2,1-4H3/t10-,12-,15-,16-;2*11-,12-,13-,15-;9-,11-,14-,15-;10-,12-,14-,15-;10-,11-,12-,14-/m111111/s1. The number of nitrogens with zero attached hydrogens (tertiary/aromatic N) is 14. The highest BCUT2D eigenvalue weighted by atomic mass is 19.1. The van der Waals surface area contributed by atoms with Gasteiger partial charge >= 0.3 is 17.4 Å². The lowest BCUT2D eigenvalue weighted by molar-refractivity contribution is -0.101. The molecular weight excluding hydrogens is 1810 g/mol. The summed E-state index contributed by atoms with van der Waals surface area (Å²) in [4.78, 5) is 110. The smallest absolute Gasteiger partial charge is 0.350 e. The van der Waals surface area contributed by atoms with E-state index in [9.17, 15) is 88.6 Å². The first-order valence-corrected chi connectivity index (χ1v) is 44.1. The van der Waals surface area contributed by atoms with Gasteiger partial charge in [-0.2, -0.15) is 9.97 Å². The molecule has 0 spiro atoms. The molecule has 47 heteroatoms. The van der Waals surface area contributed by atoms with Crippen molar-refractivity contribution in [3.8, 4) is 37.0 Å². The highest BCUT2D eigenvalue weighted by Crippen LogP contribution is 2.46. The average Bonchev–Trinajstić information content (AvgIpc) is 1.63. The van der Waals surface area contributed by atoms with Crippen molar-refractivity contribution in [1.82, 2.24) is 77.9 Å². The van der Waals surface area contributed by atoms with Crippen LogP contribution in [0.25, 0.3) is 22.3 Å². The minimum Gasteiger partial charge on any atom is -0.387 e. The van der Waals surface area contributed by atoms with Crippen molar-refractivity contribution in [2.45, 2.75) is 319 Å². The van der Waals surface area contributed by atoms with Crippen molar-refractivity contribution in [3.63, 3.8) is 0 Å². The van der Waals surface area contributed by atoms with Gasteiger partial charge in [0, 0.05) is 48.3 Å². The van der Waals surface area contributed by atoms with Gasteiger partial charge < -0.3 is 123 Å². The molecule has 7 aromatic rings. The van der Waals surface area contributed by atoms with E-state index < -0.39 is 167 Å². The van der Waals surface area contributed by atoms with Crippen LogP contribution in [-0.2, 0) is 56.8 Å². The fourth-order valence-corrected chi connectivity index (χ4v) is 15.4. The van der Waals surface area contributed by atoms with E-state index in [0.717, 1.165) is 9.47 Å². The molecule has 7 aromatic heterocycles. The van der Waals surface area contributed by atoms with Gasteiger partial charge in [-0.05, 0) is 150 Å². The maximum absolute atomic E-state index is 15.0. The van der Waals surface area contributed by atoms with E-state index in [0.29, 0.717) is 40.2 Å². The Morgan fingerprint density at radius 1 is 0.467 bits per heavy atom. The van der Waals surface area contributed by atoms with Crippen LogP contribution in [0.5, 0.6) is 0 Å². The highest BCUT2D eigenvalue weighted by molar-refractivity contribution is 6.08. The number of carbonyl (C=O) groups excluding carboxylic acids is 2. The Hall–Kier alpha value is -10.6. The molecular formula is C90H123F2N17O28. The first-order valence-electron chi connectivity index (χ1n) is 44.1. The van der Waals surface area contributed by atoms with Crippen molar-refractivity contribution < 1.29 is 126 Å². The largest absolute Gasteiger partial charge is 0.387 e. The number of aryl methyl sites for hydroxylation is 4. The number of imidazole rings is 3. The maximum Gasteiger partial charge on any atom is 0.350 e. The van der Waals surface area contributed by atoms with Gasteiger partial charge in [0.05, 0.1) is 95.2 Å². The average molecular weight is 1930 g/mol. The van der Waals surface area contributed by atoms with Crippen molar-refractivity contribution in [1.29, 1.82) is 0 Å². The molecule has 45 nitrogen and oxygen atoms in total. The van der Waals surface area contributed by atoms with Crippen molar-refractivity contribution in [3.05, 3.63) is 138 Å². The number of nitrogens with one attached hydrogen (secondary N) is 3. The molecule has 6 fully saturated rings. The number of alkyl halides is 2. The first kappa shape index (κ1) is 108. The first-order chi connectivity index (χ1) is 64.1. The maximum atomic E-state index is 15.0. The summed E-state index contributed by atoms with van der Waals surface area (Å²) in [5.41, 5.74) is -11.4. The molecule has 0 radical (unpaired) electrons. The lowest BCUT2D eigenvalue weighted by Crippen LogP contribution is -2.54. The number of fused-ring (bicyclic) bond motifs is 3. The number of carbonyl (C=O) groups is 2. The SMILES string of the molecule is C#C[C@@]1(F)[C@H](O)[C@@H](COC(C)C)O[C@H]1N1C=CC(=C)NC1=O.C#C[C@@]1(F)[C@H](O)[C@@H](COC(C)C)O[C@H]1n1ccc(C)nc1=O.C#C[C@@]1(O)[C@H](O)[C@@H](COC(C)C)O[C@H]1n1cnc2c(=O)[nH]c(C)nc21.CC(C)OC[C@H]1O[C@@H](n2cnc3c2N=CCC3=O)[C@](C)(O)[C@@H]1O.Cc1ccn([C@@H]2O[C@H](COC(C)C)[C@@H](O)[C@@]2(C)O)c(=O)n1.Cc1nc2c(ncn2[C@@H]2O[C@H](COC(C)C)[C@@H](O)[C@@]2(C)O)c(=O)[nH]1. The molecule has 24 atom stereocenters. The van der Waals surface area contributed by atoms with Crippen LogP contribution < -0.4 is 27.8 Å². The number of rotatable bonds is 24. The summed E-state index contributed by atoms with van der Waals surface area (Å²) in [5.74, 6) is 7.03. The Bertz CT molecular complexity index is 5850. The summed E-state index contributed by atoms with van der Waals surface area (Å²) < 4.78 is 103. The summed E-state index contributed by atoms with van der Waals surface area (Å²) in [6.45, 7) is 37.1. The Labute approximate surface area is 786 Å². The van der Waals surface area contributed by atoms with Gasteiger partial charge in [0.25, 0.3) is 11.1 Å². The molecule has 750 valence electrons. The number of allylic oxidation sites excluding steroid dienone is 1. The summed E-state index contributed by atoms with van der Waals surface area (Å²) in [6.07, 6.45) is 7.23. The van der Waals surface area contributed by atoms with E-state index in [1.165, 1.54) is 95.0 Å². The van der Waals surface area contributed by atoms with Crippen LogP contribution in [0.15, 0.2) is 92.2 Å². The number of urea groups is 1. The number of aromatic amines is 2. The topological polar surface area (TPSA) is 590 Å². The lowest BCUT2D eigenvalue weighted by atomic mass is 9.95. The zero-order valence-corrected chi connectivity index (χ0v) is 79.4. The van der Waals surface area contributed by atoms with Crippen LogP contribution in [0.1, 0.15) is 175 Å². The third-order valence-corrected chi connectivity index (χ3v) is 22.9. The number of H-pyrrole nitrogens is 2. The fourth-order valence-electron chi connectivity index (χ4n) is 15.4. The van der Waals surface area contributed by atoms with Crippen LogP contribution in [0.2, 0.25) is 0 Å². The molecule has 15 heterocycles. The highest BCUT2D eigenvalue weighted by Gasteiger charge is 2.63. The number of aliphatic imine (C=N–C) groups is 1. The fraction of sp³-hybridized carbons (Fsp3) is 0.622. The van der Waals surface area contributed by atoms with E-state index in [-0.39, 0.29) is 116 Å². The molecule has 0 aliphatic carbocycles. The molecule has 0 bridgehead atoms. The summed E-state index contributed by atoms with van der Waals surface area (Å²) in [7, 11) is 0. The zero-order valence-electron chi connectivity index (χ0n) is 79.4. The summed E-state index contributed by atoms with van der Waals surface area (Å²) in [5, 5.41) is 107. The van der Waals surface area contributed by atoms with Crippen LogP contribution in [0.3, 0.4) is 0 Å². The number of terminal acetylenes is 3. The van der Waals surface area contributed by atoms with Gasteiger partial charge in [-0.3, -0.25) is 42.1 Å². The summed E-state index contributed by atoms with van der Waals surface area (Å²) >= 11 is 0. The predicted molar refractivity (Wildman–Crippen MR) is 482 cm³/mol. The van der Waals surface area contributed by atoms with Gasteiger partial charge in [0.1, 0.15) is 102 Å². The number of Topliss-reactive ketones (excluding diaryl/α,β-unsaturated/α-hetero) is 1. The van der Waals surface area contributed by atoms with Crippen LogP contribution in [-0.4, -0.2) is 331 Å². The number of hydrogen-bond donors (Lipinski definition) is 13. The molecule has 13 N–H and O–H groups in total. The van der Waals surface area contributed by atoms with Gasteiger partial charge in [0.2, 0.25) is 11.3 Å². The number of halogens is 2. The number of aromatic nitrogens is 14. The molecule has 2 amide bonds. The molecule has 0 unspecified atom stereocenters. The van der Waals surface area contributed by atoms with E-state index in [4.69, 9.17) is 76.1 Å². The molecule has 15 rings (SSSR count). The molecule has 8 aliphatic heterocycles. The van der Waals surface area contributed by atoms with Crippen LogP contribution in [0.4, 0.5) is 19.4 Å². The van der Waals surface area contributed by atoms with E-state index in [1.54, 1.807) is 61.5 Å². The summed E-state index contributed by atoms with van der Waals surface area (Å²) in [6, 6.07) is 2.55. The van der Waals surface area contributed by atoms with Gasteiger partial charge in [-0.1, -0.05) is 24.3 Å². The second kappa shape index (κ2) is 44.3. The molecule has 0 saturated carbocycles. The minimum absolute atomic E-state index is 0.0157. The Morgan fingerprint density at radius 2 is 0.803 bits per heavy atom. The number of aliphatic hydroxyl groups excluding tert-OH is 6. The van der Waals surface area contributed by atoms with E-state index >= 15 is 0 Å². The van der Waals surface area contributed by atoms with Gasteiger partial charge in [0.15, 0.2) is 82.6 Å². The van der Waals surface area contributed by atoms with Gasteiger partial charge in [-0.15, -0.1) is 19.3 Å². The molecule has 0 aromatic carbocycles. The quantitative estimate of drug-likeness (QED) is 0.0380. The van der Waals surface area contributed by atoms with Crippen molar-refractivity contribution >= 4 is 46.2 Å². The molecule has 6 saturated heterocycles. The van der Waals surface area contributed by atoms with E-state index in [2.05, 4.69) is 67.7 Å². The van der Waals surface area contributed by atoms with Crippen molar-refractivity contribution in [2.24, 2.45) is 4.99 Å². The van der Waals surface area contributed by atoms with Gasteiger partial charge in [-0.25, -0.2) is 53.1 Å². The zero-order chi connectivity index (χ0) is 102. The Morgan fingerprint density at radius 3 is 1.18 bits per heavy atom. The number of hydrogen-bond acceptors (Lipinski definition) is 36.